The average Bonchev–Trinajstić information content (AvgIpc) is 3.12. The van der Waals surface area contributed by atoms with Crippen LogP contribution in [0.3, 0.4) is 0 Å². The molecule has 1 N–H and O–H groups in total. The quantitative estimate of drug-likeness (QED) is 0.527. The van der Waals surface area contributed by atoms with Crippen LogP contribution in [-0.2, 0) is 10.9 Å². The molecule has 3 aromatic rings. The molecule has 1 aromatic heterocycles. The Bertz CT molecular complexity index is 1030. The Balaban J connectivity index is 1.99. The average molecular weight is 419 g/mol. The zero-order valence-corrected chi connectivity index (χ0v) is 16.1. The van der Waals surface area contributed by atoms with Crippen molar-refractivity contribution in [3.63, 3.8) is 0 Å². The molecule has 3 rings (SSSR count). The number of hydrogen-bond donors (Lipinski definition) is 1. The molecule has 0 spiro atoms. The molecular formula is C21H16F3NO3S. The van der Waals surface area contributed by atoms with Crippen LogP contribution in [-0.4, -0.2) is 18.5 Å². The van der Waals surface area contributed by atoms with E-state index >= 15 is 0 Å². The molecule has 0 fully saturated rings. The van der Waals surface area contributed by atoms with Gasteiger partial charge in [-0.3, -0.25) is 4.79 Å². The first-order chi connectivity index (χ1) is 13.8. The van der Waals surface area contributed by atoms with E-state index in [9.17, 15) is 22.8 Å². The molecule has 2 aromatic carbocycles. The molecule has 0 aliphatic rings. The van der Waals surface area contributed by atoms with Crippen LogP contribution in [0, 0.1) is 0 Å². The summed E-state index contributed by atoms with van der Waals surface area (Å²) in [6.07, 6.45) is -4.68. The molecule has 1 amide bonds. The summed E-state index contributed by atoms with van der Waals surface area (Å²) in [6.45, 7) is 1.76. The first kappa shape index (κ1) is 20.6. The molecule has 0 bridgehead atoms. The normalized spacial score (nSPS) is 11.2. The van der Waals surface area contributed by atoms with Crippen molar-refractivity contribution < 1.29 is 27.5 Å². The SMILES string of the molecule is CCOC(=O)c1cc(-c2ccccc2)sc1NC(=O)c1ccccc1C(F)(F)F. The van der Waals surface area contributed by atoms with Crippen LogP contribution < -0.4 is 5.32 Å². The van der Waals surface area contributed by atoms with Crippen LogP contribution in [0.25, 0.3) is 10.4 Å². The number of halogens is 3. The molecular weight excluding hydrogens is 403 g/mol. The van der Waals surface area contributed by atoms with Gasteiger partial charge in [0, 0.05) is 4.88 Å². The largest absolute Gasteiger partial charge is 0.462 e. The highest BCUT2D eigenvalue weighted by atomic mass is 32.1. The van der Waals surface area contributed by atoms with Crippen LogP contribution in [0.4, 0.5) is 18.2 Å². The Morgan fingerprint density at radius 1 is 1.00 bits per heavy atom. The number of anilines is 1. The van der Waals surface area contributed by atoms with E-state index in [0.717, 1.165) is 29.0 Å². The fraction of sp³-hybridized carbons (Fsp3) is 0.143. The van der Waals surface area contributed by atoms with Gasteiger partial charge in [0.15, 0.2) is 0 Å². The fourth-order valence-corrected chi connectivity index (χ4v) is 3.73. The van der Waals surface area contributed by atoms with Crippen molar-refractivity contribution in [2.75, 3.05) is 11.9 Å². The minimum Gasteiger partial charge on any atom is -0.462 e. The summed E-state index contributed by atoms with van der Waals surface area (Å²) in [5.74, 6) is -1.62. The summed E-state index contributed by atoms with van der Waals surface area (Å²) in [5.41, 5.74) is -0.674. The standard InChI is InChI=1S/C21H16F3NO3S/c1-2-28-20(27)15-12-17(13-8-4-3-5-9-13)29-19(15)25-18(26)14-10-6-7-11-16(14)21(22,23)24/h3-12H,2H2,1H3,(H,25,26). The van der Waals surface area contributed by atoms with E-state index in [1.807, 2.05) is 30.3 Å². The molecule has 1 heterocycles. The zero-order valence-electron chi connectivity index (χ0n) is 15.2. The van der Waals surface area contributed by atoms with E-state index in [-0.39, 0.29) is 17.2 Å². The maximum absolute atomic E-state index is 13.2. The second kappa shape index (κ2) is 8.48. The molecule has 0 unspecified atom stereocenters. The summed E-state index contributed by atoms with van der Waals surface area (Å²) in [7, 11) is 0. The van der Waals surface area contributed by atoms with Gasteiger partial charge in [0.25, 0.3) is 5.91 Å². The zero-order chi connectivity index (χ0) is 21.0. The molecule has 29 heavy (non-hydrogen) atoms. The van der Waals surface area contributed by atoms with E-state index < -0.39 is 29.2 Å². The van der Waals surface area contributed by atoms with Crippen LogP contribution in [0.1, 0.15) is 33.2 Å². The predicted molar refractivity (Wildman–Crippen MR) is 105 cm³/mol. The van der Waals surface area contributed by atoms with Crippen molar-refractivity contribution in [1.29, 1.82) is 0 Å². The number of hydrogen-bond acceptors (Lipinski definition) is 4. The smallest absolute Gasteiger partial charge is 0.417 e. The fourth-order valence-electron chi connectivity index (χ4n) is 2.69. The summed E-state index contributed by atoms with van der Waals surface area (Å²) >= 11 is 1.09. The Morgan fingerprint density at radius 3 is 2.31 bits per heavy atom. The number of esters is 1. The maximum atomic E-state index is 13.2. The molecule has 8 heteroatoms. The van der Waals surface area contributed by atoms with Gasteiger partial charge in [-0.1, -0.05) is 42.5 Å². The van der Waals surface area contributed by atoms with Crippen molar-refractivity contribution in [3.8, 4) is 10.4 Å². The van der Waals surface area contributed by atoms with Gasteiger partial charge in [-0.05, 0) is 30.7 Å². The van der Waals surface area contributed by atoms with Crippen LogP contribution >= 0.6 is 11.3 Å². The van der Waals surface area contributed by atoms with Gasteiger partial charge < -0.3 is 10.1 Å². The lowest BCUT2D eigenvalue weighted by atomic mass is 10.1. The van der Waals surface area contributed by atoms with Gasteiger partial charge in [0.2, 0.25) is 0 Å². The molecule has 0 saturated heterocycles. The van der Waals surface area contributed by atoms with Crippen molar-refractivity contribution in [2.45, 2.75) is 13.1 Å². The third-order valence-corrected chi connectivity index (χ3v) is 5.09. The van der Waals surface area contributed by atoms with Crippen molar-refractivity contribution >= 4 is 28.2 Å². The molecule has 0 atom stereocenters. The van der Waals surface area contributed by atoms with Crippen molar-refractivity contribution in [1.82, 2.24) is 0 Å². The number of carbonyl (C=O) groups is 2. The summed E-state index contributed by atoms with van der Waals surface area (Å²) < 4.78 is 44.7. The minimum absolute atomic E-state index is 0.0912. The van der Waals surface area contributed by atoms with E-state index in [1.54, 1.807) is 13.0 Å². The molecule has 0 saturated carbocycles. The first-order valence-corrected chi connectivity index (χ1v) is 9.47. The Kier molecular flexibility index (Phi) is 6.03. The van der Waals surface area contributed by atoms with Gasteiger partial charge in [-0.25, -0.2) is 4.79 Å². The Labute approximate surface area is 168 Å². The van der Waals surface area contributed by atoms with Crippen molar-refractivity contribution in [2.24, 2.45) is 0 Å². The molecule has 150 valence electrons. The van der Waals surface area contributed by atoms with Crippen LogP contribution in [0.2, 0.25) is 0 Å². The first-order valence-electron chi connectivity index (χ1n) is 8.65. The Morgan fingerprint density at radius 2 is 1.66 bits per heavy atom. The molecule has 4 nitrogen and oxygen atoms in total. The predicted octanol–water partition coefficient (Wildman–Crippen LogP) is 5.86. The van der Waals surface area contributed by atoms with Crippen molar-refractivity contribution in [3.05, 3.63) is 77.4 Å². The van der Waals surface area contributed by atoms with Crippen LogP contribution in [0.15, 0.2) is 60.7 Å². The lowest BCUT2D eigenvalue weighted by Crippen LogP contribution is -2.19. The van der Waals surface area contributed by atoms with Gasteiger partial charge >= 0.3 is 12.1 Å². The maximum Gasteiger partial charge on any atom is 0.417 e. The highest BCUT2D eigenvalue weighted by molar-refractivity contribution is 7.20. The second-order valence-corrected chi connectivity index (χ2v) is 6.99. The number of nitrogens with one attached hydrogen (secondary N) is 1. The van der Waals surface area contributed by atoms with E-state index in [4.69, 9.17) is 4.74 Å². The summed E-state index contributed by atoms with van der Waals surface area (Å²) in [6, 6.07) is 15.2. The Hall–Kier alpha value is -3.13. The summed E-state index contributed by atoms with van der Waals surface area (Å²) in [5, 5.41) is 2.58. The number of ether oxygens (including phenoxy) is 1. The van der Waals surface area contributed by atoms with E-state index in [0.29, 0.717) is 4.88 Å². The van der Waals surface area contributed by atoms with Gasteiger partial charge in [0.1, 0.15) is 5.00 Å². The number of rotatable bonds is 5. The highest BCUT2D eigenvalue weighted by Gasteiger charge is 2.35. The monoisotopic (exact) mass is 419 g/mol. The molecule has 0 aliphatic heterocycles. The number of alkyl halides is 3. The number of benzene rings is 2. The van der Waals surface area contributed by atoms with E-state index in [2.05, 4.69) is 5.32 Å². The topological polar surface area (TPSA) is 55.4 Å². The minimum atomic E-state index is -4.68. The lowest BCUT2D eigenvalue weighted by molar-refractivity contribution is -0.137. The van der Waals surface area contributed by atoms with E-state index in [1.165, 1.54) is 12.1 Å². The lowest BCUT2D eigenvalue weighted by Gasteiger charge is -2.12. The van der Waals surface area contributed by atoms with Crippen LogP contribution in [0.5, 0.6) is 0 Å². The molecule has 0 aliphatic carbocycles. The van der Waals surface area contributed by atoms with Gasteiger partial charge in [-0.15, -0.1) is 11.3 Å². The summed E-state index contributed by atoms with van der Waals surface area (Å²) in [4.78, 5) is 25.6. The highest BCUT2D eigenvalue weighted by Crippen LogP contribution is 2.37. The second-order valence-electron chi connectivity index (χ2n) is 5.94. The van der Waals surface area contributed by atoms with Gasteiger partial charge in [-0.2, -0.15) is 13.2 Å². The third-order valence-electron chi connectivity index (χ3n) is 3.99. The number of thiophene rings is 1. The third kappa shape index (κ3) is 4.65. The van der Waals surface area contributed by atoms with Gasteiger partial charge in [0.05, 0.1) is 23.3 Å². The molecule has 0 radical (unpaired) electrons. The number of amides is 1. The number of carbonyl (C=O) groups excluding carboxylic acids is 2.